The third-order valence-corrected chi connectivity index (χ3v) is 5.30. The standard InChI is InChI=1S/C23H28FN3O2/c1-16-7-5-6-8-21(16)27-15-19(14-26(3)17(2)11-12-28)23(25-27)18-9-10-22(29-4)20(24)13-18/h5-10,13,15,17,28H,11-12,14H2,1-4H3/t17-/m1/s1. The number of ether oxygens (including phenoxy) is 1. The number of halogens is 1. The zero-order chi connectivity index (χ0) is 21.0. The van der Waals surface area contributed by atoms with Gasteiger partial charge in [0.1, 0.15) is 0 Å². The van der Waals surface area contributed by atoms with E-state index in [2.05, 4.69) is 11.8 Å². The molecular weight excluding hydrogens is 369 g/mol. The lowest BCUT2D eigenvalue weighted by atomic mass is 10.1. The van der Waals surface area contributed by atoms with Crippen LogP contribution in [0.4, 0.5) is 4.39 Å². The van der Waals surface area contributed by atoms with Crippen molar-refractivity contribution in [3.8, 4) is 22.7 Å². The third kappa shape index (κ3) is 4.66. The molecule has 0 aliphatic rings. The fourth-order valence-corrected chi connectivity index (χ4v) is 3.36. The summed E-state index contributed by atoms with van der Waals surface area (Å²) in [6.45, 7) is 4.90. The number of methoxy groups -OCH3 is 1. The van der Waals surface area contributed by atoms with Crippen LogP contribution in [0.5, 0.6) is 5.75 Å². The van der Waals surface area contributed by atoms with Gasteiger partial charge in [0.25, 0.3) is 0 Å². The van der Waals surface area contributed by atoms with Crippen molar-refractivity contribution >= 4 is 0 Å². The van der Waals surface area contributed by atoms with E-state index >= 15 is 0 Å². The summed E-state index contributed by atoms with van der Waals surface area (Å²) >= 11 is 0. The first-order chi connectivity index (χ1) is 13.9. The van der Waals surface area contributed by atoms with Gasteiger partial charge in [-0.25, -0.2) is 9.07 Å². The van der Waals surface area contributed by atoms with Crippen molar-refractivity contribution in [3.63, 3.8) is 0 Å². The lowest BCUT2D eigenvalue weighted by Gasteiger charge is -2.23. The van der Waals surface area contributed by atoms with Crippen molar-refractivity contribution in [2.45, 2.75) is 32.9 Å². The monoisotopic (exact) mass is 397 g/mol. The Balaban J connectivity index is 2.05. The average Bonchev–Trinajstić information content (AvgIpc) is 3.11. The van der Waals surface area contributed by atoms with Crippen molar-refractivity contribution in [1.82, 2.24) is 14.7 Å². The summed E-state index contributed by atoms with van der Waals surface area (Å²) in [5.74, 6) is -0.203. The molecule has 5 nitrogen and oxygen atoms in total. The topological polar surface area (TPSA) is 50.5 Å². The number of aromatic nitrogens is 2. The first-order valence-electron chi connectivity index (χ1n) is 9.74. The molecule has 1 aromatic heterocycles. The van der Waals surface area contributed by atoms with Gasteiger partial charge < -0.3 is 9.84 Å². The van der Waals surface area contributed by atoms with E-state index in [1.54, 1.807) is 6.07 Å². The number of hydrogen-bond acceptors (Lipinski definition) is 4. The summed E-state index contributed by atoms with van der Waals surface area (Å²) < 4.78 is 21.3. The first kappa shape index (κ1) is 21.0. The number of benzene rings is 2. The molecule has 0 aliphatic carbocycles. The number of aliphatic hydroxyl groups is 1. The first-order valence-corrected chi connectivity index (χ1v) is 9.74. The Morgan fingerprint density at radius 2 is 2.00 bits per heavy atom. The Morgan fingerprint density at radius 3 is 2.66 bits per heavy atom. The van der Waals surface area contributed by atoms with Crippen molar-refractivity contribution < 1.29 is 14.2 Å². The van der Waals surface area contributed by atoms with E-state index in [4.69, 9.17) is 9.84 Å². The Labute approximate surface area is 171 Å². The molecule has 1 atom stereocenters. The lowest BCUT2D eigenvalue weighted by Crippen LogP contribution is -2.29. The maximum absolute atomic E-state index is 14.4. The molecule has 0 unspecified atom stereocenters. The molecule has 0 radical (unpaired) electrons. The second kappa shape index (κ2) is 9.20. The summed E-state index contributed by atoms with van der Waals surface area (Å²) in [7, 11) is 3.47. The molecule has 0 aliphatic heterocycles. The van der Waals surface area contributed by atoms with Gasteiger partial charge >= 0.3 is 0 Å². The van der Waals surface area contributed by atoms with Crippen LogP contribution < -0.4 is 4.74 Å². The third-order valence-electron chi connectivity index (χ3n) is 5.30. The lowest BCUT2D eigenvalue weighted by molar-refractivity contribution is 0.191. The largest absolute Gasteiger partial charge is 0.494 e. The maximum atomic E-state index is 14.4. The normalized spacial score (nSPS) is 12.4. The van der Waals surface area contributed by atoms with Gasteiger partial charge in [0.15, 0.2) is 11.6 Å². The minimum atomic E-state index is -0.414. The van der Waals surface area contributed by atoms with E-state index in [1.165, 1.54) is 13.2 Å². The van der Waals surface area contributed by atoms with Crippen LogP contribution in [-0.2, 0) is 6.54 Å². The average molecular weight is 397 g/mol. The summed E-state index contributed by atoms with van der Waals surface area (Å²) in [6, 6.07) is 13.2. The van der Waals surface area contributed by atoms with Crippen molar-refractivity contribution in [2.75, 3.05) is 20.8 Å². The fraction of sp³-hybridized carbons (Fsp3) is 0.348. The fourth-order valence-electron chi connectivity index (χ4n) is 3.36. The Hall–Kier alpha value is -2.70. The highest BCUT2D eigenvalue weighted by molar-refractivity contribution is 5.64. The zero-order valence-electron chi connectivity index (χ0n) is 17.4. The second-order valence-electron chi connectivity index (χ2n) is 7.36. The summed E-state index contributed by atoms with van der Waals surface area (Å²) in [6.07, 6.45) is 2.69. The van der Waals surface area contributed by atoms with Crippen LogP contribution in [0.2, 0.25) is 0 Å². The number of hydrogen-bond donors (Lipinski definition) is 1. The molecule has 0 fully saturated rings. The van der Waals surface area contributed by atoms with Crippen molar-refractivity contribution in [2.24, 2.45) is 0 Å². The Kier molecular flexibility index (Phi) is 6.67. The van der Waals surface area contributed by atoms with Crippen LogP contribution in [0, 0.1) is 12.7 Å². The maximum Gasteiger partial charge on any atom is 0.165 e. The van der Waals surface area contributed by atoms with E-state index in [9.17, 15) is 9.50 Å². The quantitative estimate of drug-likeness (QED) is 0.619. The van der Waals surface area contributed by atoms with E-state index in [0.717, 1.165) is 22.5 Å². The van der Waals surface area contributed by atoms with E-state index in [1.807, 2.05) is 55.2 Å². The highest BCUT2D eigenvalue weighted by Gasteiger charge is 2.18. The molecule has 3 rings (SSSR count). The molecule has 6 heteroatoms. The molecule has 0 amide bonds. The Morgan fingerprint density at radius 1 is 1.24 bits per heavy atom. The van der Waals surface area contributed by atoms with Gasteiger partial charge in [0.2, 0.25) is 0 Å². The predicted octanol–water partition coefficient (Wildman–Crippen LogP) is 4.20. The molecule has 2 aromatic carbocycles. The predicted molar refractivity (Wildman–Crippen MR) is 113 cm³/mol. The highest BCUT2D eigenvalue weighted by Crippen LogP contribution is 2.29. The van der Waals surface area contributed by atoms with E-state index in [0.29, 0.717) is 18.5 Å². The van der Waals surface area contributed by atoms with Gasteiger partial charge in [0, 0.05) is 36.5 Å². The number of aryl methyl sites for hydroxylation is 1. The minimum absolute atomic E-state index is 0.143. The molecule has 0 bridgehead atoms. The molecule has 29 heavy (non-hydrogen) atoms. The Bertz CT molecular complexity index is 971. The van der Waals surface area contributed by atoms with Crippen LogP contribution in [0.1, 0.15) is 24.5 Å². The summed E-state index contributed by atoms with van der Waals surface area (Å²) in [5, 5.41) is 14.1. The van der Waals surface area contributed by atoms with Gasteiger partial charge in [-0.15, -0.1) is 0 Å². The molecule has 3 aromatic rings. The second-order valence-corrected chi connectivity index (χ2v) is 7.36. The molecule has 154 valence electrons. The molecule has 0 spiro atoms. The SMILES string of the molecule is COc1ccc(-c2nn(-c3ccccc3C)cc2CN(C)[C@H](C)CCO)cc1F. The minimum Gasteiger partial charge on any atom is -0.494 e. The van der Waals surface area contributed by atoms with Gasteiger partial charge in [0.05, 0.1) is 18.5 Å². The number of rotatable bonds is 8. The van der Waals surface area contributed by atoms with Gasteiger partial charge in [-0.2, -0.15) is 5.10 Å². The molecular formula is C23H28FN3O2. The highest BCUT2D eigenvalue weighted by atomic mass is 19.1. The molecule has 1 N–H and O–H groups in total. The zero-order valence-corrected chi connectivity index (χ0v) is 17.4. The van der Waals surface area contributed by atoms with Gasteiger partial charge in [-0.05, 0) is 57.1 Å². The van der Waals surface area contributed by atoms with Gasteiger partial charge in [-0.3, -0.25) is 4.90 Å². The number of aliphatic hydroxyl groups excluding tert-OH is 1. The number of nitrogens with zero attached hydrogens (tertiary/aromatic N) is 3. The van der Waals surface area contributed by atoms with E-state index < -0.39 is 5.82 Å². The molecule has 1 heterocycles. The van der Waals surface area contributed by atoms with Crippen LogP contribution in [-0.4, -0.2) is 46.6 Å². The van der Waals surface area contributed by atoms with Crippen molar-refractivity contribution in [3.05, 3.63) is 65.6 Å². The van der Waals surface area contributed by atoms with Crippen LogP contribution in [0.3, 0.4) is 0 Å². The number of para-hydroxylation sites is 1. The van der Waals surface area contributed by atoms with E-state index in [-0.39, 0.29) is 18.4 Å². The van der Waals surface area contributed by atoms with Crippen LogP contribution in [0.15, 0.2) is 48.7 Å². The smallest absolute Gasteiger partial charge is 0.165 e. The summed E-state index contributed by atoms with van der Waals surface area (Å²) in [4.78, 5) is 2.17. The van der Waals surface area contributed by atoms with Crippen LogP contribution in [0.25, 0.3) is 16.9 Å². The van der Waals surface area contributed by atoms with Crippen molar-refractivity contribution in [1.29, 1.82) is 0 Å². The van der Waals surface area contributed by atoms with Crippen LogP contribution >= 0.6 is 0 Å². The summed E-state index contributed by atoms with van der Waals surface area (Å²) in [5.41, 5.74) is 4.52. The molecule has 0 saturated carbocycles. The van der Waals surface area contributed by atoms with Gasteiger partial charge in [-0.1, -0.05) is 18.2 Å². The molecule has 0 saturated heterocycles.